The molecule has 0 aliphatic carbocycles. The quantitative estimate of drug-likeness (QED) is 0.374. The van der Waals surface area contributed by atoms with Gasteiger partial charge < -0.3 is 10.1 Å². The average Bonchev–Trinajstić information content (AvgIpc) is 3.13. The summed E-state index contributed by atoms with van der Waals surface area (Å²) >= 11 is 0. The van der Waals surface area contributed by atoms with Crippen molar-refractivity contribution in [3.63, 3.8) is 0 Å². The third-order valence-corrected chi connectivity index (χ3v) is 5.57. The van der Waals surface area contributed by atoms with Crippen LogP contribution in [0.25, 0.3) is 0 Å². The molecule has 1 aliphatic rings. The molecule has 33 heavy (non-hydrogen) atoms. The number of aliphatic imine (C=N–C) groups is 1. The molecule has 5 rings (SSSR count). The first-order chi connectivity index (χ1) is 16.0. The normalized spacial score (nSPS) is 18.1. The fraction of sp³-hybridized carbons (Fsp3) is 0.0741. The van der Waals surface area contributed by atoms with Gasteiger partial charge in [-0.2, -0.15) is 0 Å². The number of nitrogens with zero attached hydrogens (tertiary/aromatic N) is 1. The third-order valence-electron chi connectivity index (χ3n) is 5.57. The van der Waals surface area contributed by atoms with Gasteiger partial charge in [-0.05, 0) is 37.3 Å². The smallest absolute Gasteiger partial charge is 0.236 e. The molecule has 0 spiro atoms. The Balaban J connectivity index is 1.76. The summed E-state index contributed by atoms with van der Waals surface area (Å²) in [4.78, 5) is 4.31. The first-order valence-corrected chi connectivity index (χ1v) is 10.4. The Bertz CT molecular complexity index is 1370. The number of ether oxygens (including phenoxy) is 1. The molecular weight excluding hydrogens is 425 g/mol. The van der Waals surface area contributed by atoms with Crippen molar-refractivity contribution in [3.8, 4) is 0 Å². The number of hydrogen-bond acceptors (Lipinski definition) is 3. The van der Waals surface area contributed by atoms with Crippen LogP contribution in [0.15, 0.2) is 96.0 Å². The number of hydrogen-bond donors (Lipinski definition) is 1. The highest BCUT2D eigenvalue weighted by molar-refractivity contribution is 6.01. The second-order valence-corrected chi connectivity index (χ2v) is 7.78. The highest BCUT2D eigenvalue weighted by Gasteiger charge is 2.48. The van der Waals surface area contributed by atoms with Gasteiger partial charge in [0.1, 0.15) is 23.1 Å². The lowest BCUT2D eigenvalue weighted by atomic mass is 9.91. The molecule has 0 radical (unpaired) electrons. The van der Waals surface area contributed by atoms with E-state index in [-0.39, 0.29) is 22.8 Å². The van der Waals surface area contributed by atoms with Gasteiger partial charge in [0.2, 0.25) is 11.6 Å². The summed E-state index contributed by atoms with van der Waals surface area (Å²) in [6.07, 6.45) is 0. The maximum atomic E-state index is 15.1. The zero-order valence-corrected chi connectivity index (χ0v) is 17.6. The van der Waals surface area contributed by atoms with E-state index in [1.54, 1.807) is 42.5 Å². The van der Waals surface area contributed by atoms with Gasteiger partial charge in [-0.15, -0.1) is 0 Å². The lowest BCUT2D eigenvalue weighted by Gasteiger charge is -2.32. The van der Waals surface area contributed by atoms with Gasteiger partial charge in [-0.3, -0.25) is 0 Å². The van der Waals surface area contributed by atoms with E-state index in [0.717, 1.165) is 5.56 Å². The number of rotatable bonds is 4. The van der Waals surface area contributed by atoms with Crippen molar-refractivity contribution in [2.45, 2.75) is 12.6 Å². The summed E-state index contributed by atoms with van der Waals surface area (Å²) < 4.78 is 50.5. The summed E-state index contributed by atoms with van der Waals surface area (Å²) in [7, 11) is 0. The van der Waals surface area contributed by atoms with Gasteiger partial charge in [0.15, 0.2) is 0 Å². The van der Waals surface area contributed by atoms with Gasteiger partial charge in [0.25, 0.3) is 0 Å². The summed E-state index contributed by atoms with van der Waals surface area (Å²) in [6, 6.07) is 24.0. The highest BCUT2D eigenvalue weighted by atomic mass is 19.1. The number of nitrogens with one attached hydrogen (secondary N) is 1. The Morgan fingerprint density at radius 3 is 2.12 bits per heavy atom. The fourth-order valence-corrected chi connectivity index (χ4v) is 3.94. The van der Waals surface area contributed by atoms with E-state index in [2.05, 4.69) is 10.3 Å². The molecule has 0 fully saturated rings. The molecule has 1 N–H and O–H groups in total. The van der Waals surface area contributed by atoms with Gasteiger partial charge in [0.05, 0.1) is 11.3 Å². The van der Waals surface area contributed by atoms with Crippen LogP contribution < -0.4 is 5.32 Å². The summed E-state index contributed by atoms with van der Waals surface area (Å²) in [5, 5.41) is 3.13. The molecular formula is C27H19F3N2O. The van der Waals surface area contributed by atoms with Gasteiger partial charge in [-0.25, -0.2) is 18.2 Å². The predicted molar refractivity (Wildman–Crippen MR) is 122 cm³/mol. The molecule has 164 valence electrons. The van der Waals surface area contributed by atoms with Crippen LogP contribution in [-0.4, -0.2) is 5.90 Å². The molecule has 6 heteroatoms. The van der Waals surface area contributed by atoms with E-state index in [0.29, 0.717) is 11.1 Å². The SMILES string of the molecule is Cc1ccc(C2(Nc3ccccc3F)O/C(=N/c3ccccc3F)c3c(F)cccc32)cc1. The van der Waals surface area contributed by atoms with Crippen molar-refractivity contribution in [2.24, 2.45) is 4.99 Å². The number of benzene rings is 4. The number of halogens is 3. The van der Waals surface area contributed by atoms with Crippen LogP contribution in [-0.2, 0) is 10.5 Å². The first-order valence-electron chi connectivity index (χ1n) is 10.4. The van der Waals surface area contributed by atoms with Crippen LogP contribution in [0.4, 0.5) is 24.5 Å². The Kier molecular flexibility index (Phi) is 5.13. The maximum Gasteiger partial charge on any atom is 0.236 e. The number of anilines is 1. The van der Waals surface area contributed by atoms with E-state index < -0.39 is 23.2 Å². The van der Waals surface area contributed by atoms with Crippen molar-refractivity contribution < 1.29 is 17.9 Å². The fourth-order valence-electron chi connectivity index (χ4n) is 3.94. The van der Waals surface area contributed by atoms with Gasteiger partial charge >= 0.3 is 0 Å². The minimum Gasteiger partial charge on any atom is -0.442 e. The molecule has 4 aromatic carbocycles. The molecule has 1 heterocycles. The van der Waals surface area contributed by atoms with Gasteiger partial charge in [-0.1, -0.05) is 66.2 Å². The average molecular weight is 444 g/mol. The summed E-state index contributed by atoms with van der Waals surface area (Å²) in [5.74, 6) is -1.74. The molecule has 0 amide bonds. The second-order valence-electron chi connectivity index (χ2n) is 7.78. The molecule has 4 aromatic rings. The zero-order chi connectivity index (χ0) is 23.0. The van der Waals surface area contributed by atoms with E-state index in [1.807, 2.05) is 31.2 Å². The number of para-hydroxylation sites is 2. The lowest BCUT2D eigenvalue weighted by molar-refractivity contribution is 0.144. The summed E-state index contributed by atoms with van der Waals surface area (Å²) in [6.45, 7) is 1.94. The summed E-state index contributed by atoms with van der Waals surface area (Å²) in [5.41, 5.74) is 0.805. The molecule has 0 bridgehead atoms. The minimum atomic E-state index is -1.49. The largest absolute Gasteiger partial charge is 0.442 e. The van der Waals surface area contributed by atoms with E-state index in [9.17, 15) is 8.78 Å². The van der Waals surface area contributed by atoms with Crippen molar-refractivity contribution in [2.75, 3.05) is 5.32 Å². The Labute approximate surface area is 189 Å². The first kappa shape index (κ1) is 20.8. The van der Waals surface area contributed by atoms with E-state index in [1.165, 1.54) is 24.3 Å². The Morgan fingerprint density at radius 1 is 0.727 bits per heavy atom. The molecule has 3 nitrogen and oxygen atoms in total. The van der Waals surface area contributed by atoms with Crippen molar-refractivity contribution in [1.29, 1.82) is 0 Å². The zero-order valence-electron chi connectivity index (χ0n) is 17.6. The number of fused-ring (bicyclic) bond motifs is 1. The van der Waals surface area contributed by atoms with Crippen LogP contribution in [0.3, 0.4) is 0 Å². The number of aryl methyl sites for hydroxylation is 1. The van der Waals surface area contributed by atoms with Crippen LogP contribution in [0.5, 0.6) is 0 Å². The van der Waals surface area contributed by atoms with Gasteiger partial charge in [0, 0.05) is 11.1 Å². The monoisotopic (exact) mass is 444 g/mol. The van der Waals surface area contributed by atoms with Crippen LogP contribution in [0, 0.1) is 24.4 Å². The minimum absolute atomic E-state index is 0.00676. The molecule has 1 atom stereocenters. The van der Waals surface area contributed by atoms with E-state index in [4.69, 9.17) is 4.74 Å². The lowest BCUT2D eigenvalue weighted by Crippen LogP contribution is -2.37. The second kappa shape index (κ2) is 8.13. The maximum absolute atomic E-state index is 15.1. The van der Waals surface area contributed by atoms with Crippen molar-refractivity contribution >= 4 is 17.3 Å². The third kappa shape index (κ3) is 3.63. The molecule has 1 aliphatic heterocycles. The molecule has 1 unspecified atom stereocenters. The van der Waals surface area contributed by atoms with E-state index >= 15 is 4.39 Å². The molecule has 0 aromatic heterocycles. The van der Waals surface area contributed by atoms with Crippen LogP contribution in [0.2, 0.25) is 0 Å². The Morgan fingerprint density at radius 2 is 1.39 bits per heavy atom. The highest BCUT2D eigenvalue weighted by Crippen LogP contribution is 2.44. The topological polar surface area (TPSA) is 33.6 Å². The van der Waals surface area contributed by atoms with Crippen molar-refractivity contribution in [3.05, 3.63) is 131 Å². The van der Waals surface area contributed by atoms with Crippen LogP contribution in [0.1, 0.15) is 22.3 Å². The molecule has 0 saturated heterocycles. The van der Waals surface area contributed by atoms with Crippen LogP contribution >= 0.6 is 0 Å². The standard InChI is InChI=1S/C27H19F3N2O/c1-17-13-15-18(16-14-17)27(32-24-12-5-3-9-21(24)29)19-7-6-10-22(30)25(19)26(33-27)31-23-11-4-2-8-20(23)28/h2-16,32H,1H3/b31-26+. The Hall–Kier alpha value is -4.06. The molecule has 0 saturated carbocycles. The van der Waals surface area contributed by atoms with Crippen molar-refractivity contribution in [1.82, 2.24) is 0 Å². The predicted octanol–water partition coefficient (Wildman–Crippen LogP) is 6.83.